The minimum atomic E-state index is -1.09. The van der Waals surface area contributed by atoms with E-state index in [4.69, 9.17) is 67.2 Å². The van der Waals surface area contributed by atoms with Crippen LogP contribution in [0.15, 0.2) is 67.0 Å². The molecule has 6 aromatic rings. The van der Waals surface area contributed by atoms with E-state index in [2.05, 4.69) is 39.7 Å². The summed E-state index contributed by atoms with van der Waals surface area (Å²) in [6.07, 6.45) is 5.51. The van der Waals surface area contributed by atoms with Gasteiger partial charge in [-0.2, -0.15) is 15.0 Å². The largest absolute Gasteiger partial charge is 0.495 e. The second-order valence-corrected chi connectivity index (χ2v) is 16.8. The number of rotatable bonds is 18. The molecule has 0 aliphatic carbocycles. The number of aromatic nitrogens is 4. The number of hydrogen-bond acceptors (Lipinski definition) is 22. The topological polar surface area (TPSA) is 340 Å². The molecule has 74 heavy (non-hydrogen) atoms. The second-order valence-electron chi connectivity index (χ2n) is 16.1. The molecule has 0 spiro atoms. The van der Waals surface area contributed by atoms with E-state index in [1.165, 1.54) is 40.6 Å². The molecule has 7 N–H and O–H groups in total. The van der Waals surface area contributed by atoms with Crippen molar-refractivity contribution in [2.75, 3.05) is 49.5 Å². The number of oxazole rings is 4. The average Bonchev–Trinajstić information content (AvgIpc) is 4.18. The van der Waals surface area contributed by atoms with Crippen molar-refractivity contribution in [2.45, 2.75) is 94.2 Å². The lowest BCUT2D eigenvalue weighted by atomic mass is 9.98. The zero-order valence-electron chi connectivity index (χ0n) is 43.0. The number of methoxy groups -OCH3 is 2. The first-order valence-electron chi connectivity index (χ1n) is 22.6. The number of aromatic carboxylic acids is 1. The van der Waals surface area contributed by atoms with Gasteiger partial charge < -0.3 is 63.8 Å². The monoisotopic (exact) mass is 1070 g/mol. The van der Waals surface area contributed by atoms with Gasteiger partial charge in [-0.1, -0.05) is 37.0 Å². The van der Waals surface area contributed by atoms with Crippen LogP contribution in [0.4, 0.5) is 23.7 Å². The lowest BCUT2D eigenvalue weighted by Gasteiger charge is -2.11. The fraction of sp³-hybridized carbons (Fsp3) is 0.388. The van der Waals surface area contributed by atoms with Crippen molar-refractivity contribution in [3.8, 4) is 11.5 Å². The Bertz CT molecular complexity index is 2800. The van der Waals surface area contributed by atoms with E-state index >= 15 is 0 Å². The Balaban J connectivity index is 0.000000329. The number of esters is 2. The molecule has 4 heterocycles. The van der Waals surface area contributed by atoms with Gasteiger partial charge in [0, 0.05) is 36.1 Å². The molecule has 0 amide bonds. The minimum Gasteiger partial charge on any atom is -0.495 e. The van der Waals surface area contributed by atoms with Gasteiger partial charge in [0.25, 0.3) is 18.0 Å². The number of benzene rings is 2. The van der Waals surface area contributed by atoms with Gasteiger partial charge >= 0.3 is 17.9 Å². The number of carbonyl (C=O) groups is 6. The number of anilines is 4. The first-order chi connectivity index (χ1) is 34.9. The van der Waals surface area contributed by atoms with Crippen LogP contribution in [-0.2, 0) is 22.3 Å². The third kappa shape index (κ3) is 20.3. The van der Waals surface area contributed by atoms with Crippen LogP contribution in [0.1, 0.15) is 143 Å². The zero-order valence-corrected chi connectivity index (χ0v) is 44.6. The molecule has 2 aromatic carbocycles. The number of carbonyl (C=O) groups excluding carboxylic acids is 5. The van der Waals surface area contributed by atoms with Crippen molar-refractivity contribution in [2.24, 2.45) is 5.92 Å². The number of carboxylic acid groups (broad SMARTS) is 1. The Labute approximate surface area is 437 Å². The van der Waals surface area contributed by atoms with Crippen molar-refractivity contribution in [3.63, 3.8) is 0 Å². The third-order valence-electron chi connectivity index (χ3n) is 8.85. The molecular formula is C49H62Cl2N8O15. The van der Waals surface area contributed by atoms with Crippen molar-refractivity contribution in [3.05, 3.63) is 105 Å². The molecule has 6 rings (SSSR count). The van der Waals surface area contributed by atoms with Crippen molar-refractivity contribution < 1.29 is 70.5 Å². The van der Waals surface area contributed by atoms with Gasteiger partial charge in [0.05, 0.1) is 38.1 Å². The lowest BCUT2D eigenvalue weighted by Crippen LogP contribution is -2.10. The highest BCUT2D eigenvalue weighted by molar-refractivity contribution is 6.35. The van der Waals surface area contributed by atoms with Crippen LogP contribution < -0.4 is 31.6 Å². The number of nitrogens with one attached hydrogen (secondary N) is 2. The van der Waals surface area contributed by atoms with Crippen LogP contribution in [0.25, 0.3) is 0 Å². The Morgan fingerprint density at radius 1 is 0.635 bits per heavy atom. The lowest BCUT2D eigenvalue weighted by molar-refractivity contribution is 0.0510. The quantitative estimate of drug-likeness (QED) is 0.0304. The predicted octanol–water partition coefficient (Wildman–Crippen LogP) is 9.59. The van der Waals surface area contributed by atoms with Crippen LogP contribution in [0, 0.1) is 5.92 Å². The van der Waals surface area contributed by atoms with Crippen LogP contribution in [0.3, 0.4) is 0 Å². The number of nitrogens with zero attached hydrogens (tertiary/aromatic N) is 4. The highest BCUT2D eigenvalue weighted by atomic mass is 35.5. The molecule has 0 fully saturated rings. The summed E-state index contributed by atoms with van der Waals surface area (Å²) in [6, 6.07) is 7.37. The molecule has 0 aliphatic rings. The number of hydrogen-bond donors (Lipinski definition) is 5. The Hall–Kier alpha value is -7.92. The standard InChI is InChI=1S/C18H20ClNO4.C9H10ClNO2.C9H14N2O3.C7H10N2O3.C6H8N2O3/c1-10(2)7-17-20-14(9-24-17)15(22)8-13-12(11(3)21)5-6-16(23-4)18(13)19;1-5(12)6-3-4-7(13-2)8(10)9(6)11;1-4-13-8(12)7-5-14-9(11-7)10-6(2)3;1-4(2)8-7-9-5(3-12-7)6(10)11;1-2-10-5(9)4-3-11-6(7)8-4/h5-6,9-10H,7-8H2,1-4H3;3-4H,11H2,1-2H3;5-6H,4H2,1-3H3,(H,10,11);3-4H,1-2H3,(H,8,9)(H,10,11);3H,2H2,1H3,(H2,7,8). The molecule has 0 saturated heterocycles. The molecule has 402 valence electrons. The summed E-state index contributed by atoms with van der Waals surface area (Å²) in [6.45, 7) is 18.8. The van der Waals surface area contributed by atoms with E-state index in [-0.39, 0.29) is 86.4 Å². The van der Waals surface area contributed by atoms with E-state index < -0.39 is 17.9 Å². The highest BCUT2D eigenvalue weighted by Crippen LogP contribution is 2.33. The van der Waals surface area contributed by atoms with Gasteiger partial charge in [0.1, 0.15) is 47.3 Å². The molecule has 25 heteroatoms. The minimum absolute atomic E-state index is 0.0342. The Kier molecular flexibility index (Phi) is 25.9. The first-order valence-corrected chi connectivity index (χ1v) is 23.3. The fourth-order valence-corrected chi connectivity index (χ4v) is 6.14. The van der Waals surface area contributed by atoms with Gasteiger partial charge in [0.15, 0.2) is 40.3 Å². The molecule has 0 bridgehead atoms. The predicted molar refractivity (Wildman–Crippen MR) is 274 cm³/mol. The van der Waals surface area contributed by atoms with Crippen LogP contribution >= 0.6 is 23.2 Å². The molecule has 4 aromatic heterocycles. The van der Waals surface area contributed by atoms with Crippen molar-refractivity contribution in [1.82, 2.24) is 19.9 Å². The van der Waals surface area contributed by atoms with Gasteiger partial charge in [-0.05, 0) is 91.1 Å². The van der Waals surface area contributed by atoms with Crippen LogP contribution in [0.5, 0.6) is 11.5 Å². The number of Topliss-reactive ketones (excluding diaryl/α,β-unsaturated/α-hetero) is 3. The van der Waals surface area contributed by atoms with Crippen LogP contribution in [0.2, 0.25) is 10.0 Å². The van der Waals surface area contributed by atoms with Gasteiger partial charge in [-0.15, -0.1) is 0 Å². The van der Waals surface area contributed by atoms with Crippen molar-refractivity contribution in [1.29, 1.82) is 0 Å². The van der Waals surface area contributed by atoms with Gasteiger partial charge in [0.2, 0.25) is 0 Å². The normalized spacial score (nSPS) is 10.3. The number of ketones is 3. The Morgan fingerprint density at radius 2 is 1.09 bits per heavy atom. The van der Waals surface area contributed by atoms with Gasteiger partial charge in [-0.3, -0.25) is 14.4 Å². The number of carboxylic acids is 1. The maximum absolute atomic E-state index is 12.5. The fourth-order valence-electron chi connectivity index (χ4n) is 5.59. The summed E-state index contributed by atoms with van der Waals surface area (Å²) in [5.41, 5.74) is 12.7. The number of nitrogens with two attached hydrogens (primary N) is 2. The molecule has 0 saturated carbocycles. The van der Waals surface area contributed by atoms with E-state index in [1.54, 1.807) is 38.1 Å². The molecule has 0 atom stereocenters. The summed E-state index contributed by atoms with van der Waals surface area (Å²) in [4.78, 5) is 83.1. The second kappa shape index (κ2) is 30.8. The summed E-state index contributed by atoms with van der Waals surface area (Å²) in [5, 5.41) is 14.8. The first kappa shape index (κ1) is 62.2. The summed E-state index contributed by atoms with van der Waals surface area (Å²) < 4.78 is 39.3. The van der Waals surface area contributed by atoms with E-state index in [0.717, 1.165) is 12.5 Å². The Morgan fingerprint density at radius 3 is 1.53 bits per heavy atom. The summed E-state index contributed by atoms with van der Waals surface area (Å²) >= 11 is 12.1. The number of halogens is 2. The maximum atomic E-state index is 12.5. The van der Waals surface area contributed by atoms with Gasteiger partial charge in [-0.25, -0.2) is 19.4 Å². The molecule has 0 radical (unpaired) electrons. The van der Waals surface area contributed by atoms with Crippen LogP contribution in [-0.4, -0.2) is 99.8 Å². The molecule has 0 aliphatic heterocycles. The van der Waals surface area contributed by atoms with E-state index in [1.807, 2.05) is 41.5 Å². The number of nitrogen functional groups attached to an aromatic ring is 2. The maximum Gasteiger partial charge on any atom is 0.360 e. The average molecular weight is 1070 g/mol. The molecular weight excluding hydrogens is 1010 g/mol. The smallest absolute Gasteiger partial charge is 0.360 e. The SMILES string of the molecule is CC(C)Nc1nc(C(=O)O)co1.CCOC(=O)c1coc(N)n1.CCOC(=O)c1coc(NC(C)C)n1.COc1ccc(C(C)=O)c(CC(=O)c2coc(CC(C)C)n2)c1Cl.COc1ccc(C(C)=O)c(N)c1Cl. The summed E-state index contributed by atoms with van der Waals surface area (Å²) in [5.74, 6) is -0.803. The molecule has 23 nitrogen and oxygen atoms in total. The summed E-state index contributed by atoms with van der Waals surface area (Å²) in [7, 11) is 2.98. The van der Waals surface area contributed by atoms with Crippen molar-refractivity contribution >= 4 is 82.2 Å². The highest BCUT2D eigenvalue weighted by Gasteiger charge is 2.22. The zero-order chi connectivity index (χ0) is 55.8. The molecule has 0 unspecified atom stereocenters. The third-order valence-corrected chi connectivity index (χ3v) is 9.66. The van der Waals surface area contributed by atoms with E-state index in [0.29, 0.717) is 65.6 Å². The van der Waals surface area contributed by atoms with E-state index in [9.17, 15) is 28.8 Å². The number of ether oxygens (including phenoxy) is 4.